The van der Waals surface area contributed by atoms with Crippen molar-refractivity contribution in [2.24, 2.45) is 10.7 Å². The van der Waals surface area contributed by atoms with E-state index >= 15 is 4.39 Å². The monoisotopic (exact) mass is 681 g/mol. The first kappa shape index (κ1) is 33.0. The lowest BCUT2D eigenvalue weighted by Crippen LogP contribution is -2.49. The van der Waals surface area contributed by atoms with Crippen LogP contribution >= 0.6 is 0 Å². The van der Waals surface area contributed by atoms with Gasteiger partial charge in [0, 0.05) is 52.8 Å². The molecule has 1 saturated heterocycles. The largest absolute Gasteiger partial charge is 0.433 e. The average Bonchev–Trinajstić information content (AvgIpc) is 3.98. The molecule has 2 aliphatic carbocycles. The minimum absolute atomic E-state index is 0.0552. The highest BCUT2D eigenvalue weighted by atomic mass is 19.4. The minimum Gasteiger partial charge on any atom is -0.376 e. The molecular weight excluding hydrogens is 646 g/mol. The number of ether oxygens (including phenoxy) is 1. The molecule has 2 aliphatic heterocycles. The number of carbonyl (C=O) groups excluding carboxylic acids is 2. The summed E-state index contributed by atoms with van der Waals surface area (Å²) in [6.07, 6.45) is -2.37. The molecule has 1 spiro atoms. The van der Waals surface area contributed by atoms with Gasteiger partial charge in [0.2, 0.25) is 0 Å². The van der Waals surface area contributed by atoms with Gasteiger partial charge in [0.15, 0.2) is 11.9 Å². The van der Waals surface area contributed by atoms with E-state index in [-0.39, 0.29) is 49.0 Å². The number of rotatable bonds is 9. The third-order valence-electron chi connectivity index (χ3n) is 9.60. The first-order valence-electron chi connectivity index (χ1n) is 16.3. The van der Waals surface area contributed by atoms with Crippen molar-refractivity contribution >= 4 is 23.3 Å². The maximum Gasteiger partial charge on any atom is 0.433 e. The van der Waals surface area contributed by atoms with Crippen LogP contribution in [0.4, 0.5) is 23.2 Å². The lowest BCUT2D eigenvalue weighted by Gasteiger charge is -2.38. The summed E-state index contributed by atoms with van der Waals surface area (Å²) < 4.78 is 62.2. The standard InChI is InChI=1S/C34H35F4N7O4/c1-16-26(17(2)41-31(40-16)28(46)29(39)47)19-13-23(35)22(15-49-20-5-6-20)24(14-19)45-11-9-33(10-12-45)32(48)43-30(44-33)21-7-8-25(34(36,37)38)42-27(21)18-3-4-18/h7-8,13-14,18,20,28,46H,3-6,9-12,15H2,1-2H3,(H2,39,47)(H,43,44,48). The Bertz CT molecular complexity index is 1860. The molecule has 0 radical (unpaired) electrons. The number of benzene rings is 1. The quantitative estimate of drug-likeness (QED) is 0.283. The summed E-state index contributed by atoms with van der Waals surface area (Å²) in [6.45, 7) is 4.07. The van der Waals surface area contributed by atoms with E-state index in [2.05, 4.69) is 20.3 Å². The highest BCUT2D eigenvalue weighted by molar-refractivity contribution is 6.16. The Morgan fingerprint density at radius 1 is 1.10 bits per heavy atom. The van der Waals surface area contributed by atoms with E-state index in [1.54, 1.807) is 13.8 Å². The van der Waals surface area contributed by atoms with Gasteiger partial charge in [-0.2, -0.15) is 13.2 Å². The first-order chi connectivity index (χ1) is 23.2. The second-order valence-corrected chi connectivity index (χ2v) is 13.2. The predicted molar refractivity (Wildman–Crippen MR) is 169 cm³/mol. The van der Waals surface area contributed by atoms with Crippen molar-refractivity contribution in [1.29, 1.82) is 0 Å². The van der Waals surface area contributed by atoms with Gasteiger partial charge in [-0.3, -0.25) is 14.6 Å². The molecule has 7 rings (SSSR count). The Kier molecular flexibility index (Phi) is 8.17. The zero-order chi connectivity index (χ0) is 34.8. The highest BCUT2D eigenvalue weighted by Crippen LogP contribution is 2.44. The predicted octanol–water partition coefficient (Wildman–Crippen LogP) is 4.30. The molecule has 3 fully saturated rings. The van der Waals surface area contributed by atoms with E-state index in [9.17, 15) is 27.9 Å². The Balaban J connectivity index is 1.19. The van der Waals surface area contributed by atoms with Crippen LogP contribution in [0.2, 0.25) is 0 Å². The smallest absolute Gasteiger partial charge is 0.376 e. The summed E-state index contributed by atoms with van der Waals surface area (Å²) in [5.41, 5.74) is 6.62. The number of nitrogens with one attached hydrogen (secondary N) is 1. The van der Waals surface area contributed by atoms with Gasteiger partial charge in [-0.15, -0.1) is 0 Å². The Morgan fingerprint density at radius 3 is 2.37 bits per heavy atom. The minimum atomic E-state index is -4.59. The third-order valence-corrected chi connectivity index (χ3v) is 9.60. The van der Waals surface area contributed by atoms with E-state index < -0.39 is 35.2 Å². The number of nitrogens with two attached hydrogens (primary N) is 1. The number of hydrogen-bond donors (Lipinski definition) is 3. The van der Waals surface area contributed by atoms with Crippen LogP contribution in [0.25, 0.3) is 11.1 Å². The number of aliphatic hydroxyl groups is 1. The molecule has 15 heteroatoms. The van der Waals surface area contributed by atoms with Crippen molar-refractivity contribution in [2.75, 3.05) is 18.0 Å². The van der Waals surface area contributed by atoms with Crippen LogP contribution in [0.15, 0.2) is 29.3 Å². The zero-order valence-electron chi connectivity index (χ0n) is 26.9. The van der Waals surface area contributed by atoms with Crippen molar-refractivity contribution in [3.8, 4) is 11.1 Å². The molecule has 1 unspecified atom stereocenters. The fraction of sp³-hybridized carbons (Fsp3) is 0.471. The van der Waals surface area contributed by atoms with Crippen LogP contribution in [-0.2, 0) is 27.1 Å². The van der Waals surface area contributed by atoms with Gasteiger partial charge in [-0.25, -0.2) is 19.3 Å². The number of aliphatic hydroxyl groups excluding tert-OH is 1. The van der Waals surface area contributed by atoms with Crippen molar-refractivity contribution in [3.05, 3.63) is 69.8 Å². The summed E-state index contributed by atoms with van der Waals surface area (Å²) in [7, 11) is 0. The van der Waals surface area contributed by atoms with Gasteiger partial charge in [-0.05, 0) is 82.2 Å². The second-order valence-electron chi connectivity index (χ2n) is 13.2. The molecule has 258 valence electrons. The lowest BCUT2D eigenvalue weighted by atomic mass is 9.87. The van der Waals surface area contributed by atoms with Crippen LogP contribution in [-0.4, -0.2) is 62.4 Å². The number of carbonyl (C=O) groups is 2. The topological polar surface area (TPSA) is 156 Å². The SMILES string of the molecule is Cc1nc(C(O)C(N)=O)nc(C)c1-c1cc(F)c(COC2CC2)c(N2CCC3(CC2)N=C(c2ccc(C(F)(F)F)nc2C2CC2)NC3=O)c1. The number of amides is 2. The van der Waals surface area contributed by atoms with Gasteiger partial charge < -0.3 is 25.8 Å². The molecule has 2 aromatic heterocycles. The molecule has 2 saturated carbocycles. The fourth-order valence-corrected chi connectivity index (χ4v) is 6.64. The van der Waals surface area contributed by atoms with Crippen molar-refractivity contribution in [3.63, 3.8) is 0 Å². The van der Waals surface area contributed by atoms with E-state index in [1.165, 1.54) is 12.1 Å². The molecular formula is C34H35F4N7O4. The Morgan fingerprint density at radius 2 is 1.78 bits per heavy atom. The lowest BCUT2D eigenvalue weighted by molar-refractivity contribution is -0.141. The van der Waals surface area contributed by atoms with E-state index in [0.29, 0.717) is 58.1 Å². The first-order valence-corrected chi connectivity index (χ1v) is 16.3. The number of pyridine rings is 1. The number of aryl methyl sites for hydroxylation is 2. The molecule has 4 N–H and O–H groups in total. The number of nitrogens with zero attached hydrogens (tertiary/aromatic N) is 5. The highest BCUT2D eigenvalue weighted by Gasteiger charge is 2.47. The van der Waals surface area contributed by atoms with Gasteiger partial charge >= 0.3 is 6.18 Å². The Hall–Kier alpha value is -4.50. The van der Waals surface area contributed by atoms with Crippen molar-refractivity contribution in [1.82, 2.24) is 20.3 Å². The number of piperidine rings is 1. The molecule has 4 heterocycles. The molecule has 4 aliphatic rings. The molecule has 2 amide bonds. The van der Waals surface area contributed by atoms with E-state index in [4.69, 9.17) is 15.5 Å². The van der Waals surface area contributed by atoms with Crippen molar-refractivity contribution in [2.45, 2.75) is 88.8 Å². The molecule has 11 nitrogen and oxygen atoms in total. The third kappa shape index (κ3) is 6.36. The van der Waals surface area contributed by atoms with Crippen LogP contribution < -0.4 is 16.0 Å². The summed E-state index contributed by atoms with van der Waals surface area (Å²) in [6, 6.07) is 5.47. The molecule has 3 aromatic rings. The maximum atomic E-state index is 16.0. The molecule has 1 aromatic carbocycles. The summed E-state index contributed by atoms with van der Waals surface area (Å²) >= 11 is 0. The average molecular weight is 682 g/mol. The van der Waals surface area contributed by atoms with E-state index in [1.807, 2.05) is 11.0 Å². The summed E-state index contributed by atoms with van der Waals surface area (Å²) in [4.78, 5) is 44.2. The van der Waals surface area contributed by atoms with Gasteiger partial charge in [-0.1, -0.05) is 0 Å². The van der Waals surface area contributed by atoms with E-state index in [0.717, 1.165) is 31.7 Å². The summed E-state index contributed by atoms with van der Waals surface area (Å²) in [5.74, 6) is -1.85. The summed E-state index contributed by atoms with van der Waals surface area (Å²) in [5, 5.41) is 12.9. The van der Waals surface area contributed by atoms with Crippen molar-refractivity contribution < 1.29 is 37.0 Å². The Labute approximate surface area is 279 Å². The number of halogens is 4. The van der Waals surface area contributed by atoms with Gasteiger partial charge in [0.05, 0.1) is 18.4 Å². The molecule has 49 heavy (non-hydrogen) atoms. The van der Waals surface area contributed by atoms with Crippen LogP contribution in [0.3, 0.4) is 0 Å². The van der Waals surface area contributed by atoms with Crippen LogP contribution in [0.5, 0.6) is 0 Å². The van der Waals surface area contributed by atoms with Gasteiger partial charge in [0.25, 0.3) is 11.8 Å². The number of aliphatic imine (C=N–C) groups is 1. The molecule has 0 bridgehead atoms. The fourth-order valence-electron chi connectivity index (χ4n) is 6.64. The maximum absolute atomic E-state index is 16.0. The van der Waals surface area contributed by atoms with Gasteiger partial charge in [0.1, 0.15) is 22.9 Å². The van der Waals surface area contributed by atoms with Crippen LogP contribution in [0.1, 0.15) is 90.3 Å². The number of primary amides is 1. The zero-order valence-corrected chi connectivity index (χ0v) is 26.9. The number of alkyl halides is 3. The number of aromatic nitrogens is 3. The number of anilines is 1. The number of hydrogen-bond acceptors (Lipinski definition) is 9. The number of amidine groups is 1. The second kappa shape index (κ2) is 12.1. The molecule has 1 atom stereocenters. The normalized spacial score (nSPS) is 19.6. The van der Waals surface area contributed by atoms with Crippen LogP contribution in [0, 0.1) is 19.7 Å².